The maximum atomic E-state index is 12.4. The largest absolute Gasteiger partial charge is 0.481 e. The summed E-state index contributed by atoms with van der Waals surface area (Å²) >= 11 is 0. The van der Waals surface area contributed by atoms with Crippen LogP contribution in [0.2, 0.25) is 0 Å². The predicted octanol–water partition coefficient (Wildman–Crippen LogP) is -2.55. The first-order valence-electron chi connectivity index (χ1n) is 8.61. The Labute approximate surface area is 173 Å². The van der Waals surface area contributed by atoms with Crippen LogP contribution in [0.15, 0.2) is 0 Å². The number of aliphatic hydroxyl groups is 1. The van der Waals surface area contributed by atoms with E-state index in [1.165, 1.54) is 0 Å². The van der Waals surface area contributed by atoms with E-state index >= 15 is 0 Å². The molecule has 0 radical (unpaired) electrons. The summed E-state index contributed by atoms with van der Waals surface area (Å²) in [4.78, 5) is 79.1. The van der Waals surface area contributed by atoms with E-state index in [-0.39, 0.29) is 0 Å². The third-order valence-corrected chi connectivity index (χ3v) is 3.84. The summed E-state index contributed by atoms with van der Waals surface area (Å²) in [5.74, 6) is -10.8. The van der Waals surface area contributed by atoms with E-state index in [9.17, 15) is 38.7 Å². The van der Waals surface area contributed by atoms with Crippen molar-refractivity contribution >= 4 is 41.7 Å². The minimum Gasteiger partial charge on any atom is -0.481 e. The number of amides is 2. The van der Waals surface area contributed by atoms with Crippen molar-refractivity contribution in [2.75, 3.05) is 0 Å². The van der Waals surface area contributed by atoms with Crippen LogP contribution in [0.4, 0.5) is 0 Å². The number of carboxylic acids is 5. The fourth-order valence-corrected chi connectivity index (χ4v) is 2.35. The van der Waals surface area contributed by atoms with Gasteiger partial charge in [-0.3, -0.25) is 28.8 Å². The van der Waals surface area contributed by atoms with Crippen LogP contribution < -0.4 is 10.6 Å². The first kappa shape index (κ1) is 27.2. The van der Waals surface area contributed by atoms with E-state index in [2.05, 4.69) is 0 Å². The Morgan fingerprint density at radius 2 is 1.06 bits per heavy atom. The maximum absolute atomic E-state index is 12.4. The summed E-state index contributed by atoms with van der Waals surface area (Å²) in [7, 11) is 0. The highest BCUT2D eigenvalue weighted by Gasteiger charge is 2.42. The molecule has 2 atom stereocenters. The van der Waals surface area contributed by atoms with Gasteiger partial charge in [-0.15, -0.1) is 0 Å². The third-order valence-electron chi connectivity index (χ3n) is 3.84. The van der Waals surface area contributed by atoms with Crippen molar-refractivity contribution in [3.05, 3.63) is 0 Å². The number of aliphatic carboxylic acids is 5. The molecule has 0 bridgehead atoms. The molecule has 0 spiro atoms. The molecular weight excluding hydrogens is 428 g/mol. The lowest BCUT2D eigenvalue weighted by atomic mass is 9.93. The molecule has 0 saturated heterocycles. The van der Waals surface area contributed by atoms with Crippen LogP contribution in [0.3, 0.4) is 0 Å². The van der Waals surface area contributed by atoms with Crippen LogP contribution in [0.1, 0.15) is 38.5 Å². The Hall–Kier alpha value is -3.75. The molecule has 0 aromatic heterocycles. The molecule has 15 nitrogen and oxygen atoms in total. The maximum Gasteiger partial charge on any atom is 0.326 e. The number of carbonyl (C=O) groups is 7. The topological polar surface area (TPSA) is 265 Å². The van der Waals surface area contributed by atoms with Gasteiger partial charge in [0.2, 0.25) is 5.91 Å². The highest BCUT2D eigenvalue weighted by Crippen LogP contribution is 2.17. The van der Waals surface area contributed by atoms with Crippen molar-refractivity contribution < 1.29 is 64.2 Å². The number of nitrogens with one attached hydrogen (secondary N) is 2. The highest BCUT2D eigenvalue weighted by atomic mass is 16.4. The van der Waals surface area contributed by atoms with Gasteiger partial charge in [0.15, 0.2) is 5.60 Å². The molecule has 2 amide bonds. The van der Waals surface area contributed by atoms with E-state index in [0.717, 1.165) is 0 Å². The van der Waals surface area contributed by atoms with Crippen molar-refractivity contribution in [2.45, 2.75) is 56.2 Å². The first-order chi connectivity index (χ1) is 14.2. The Bertz CT molecular complexity index is 732. The SMILES string of the molecule is O=C(O)CC[C@H](NC(=O)[C@H](CCC(=O)O)NC(=O)C(O)(CC(=O)O)CC(=O)O)C(=O)O. The van der Waals surface area contributed by atoms with E-state index in [1.807, 2.05) is 10.6 Å². The molecule has 0 aliphatic rings. The molecule has 0 aromatic rings. The summed E-state index contributed by atoms with van der Waals surface area (Å²) in [5, 5.41) is 58.0. The second-order valence-electron chi connectivity index (χ2n) is 6.46. The fraction of sp³-hybridized carbons (Fsp3) is 0.562. The van der Waals surface area contributed by atoms with E-state index < -0.39 is 97.9 Å². The average molecular weight is 450 g/mol. The minimum atomic E-state index is -2.99. The van der Waals surface area contributed by atoms with Crippen LogP contribution in [0.5, 0.6) is 0 Å². The van der Waals surface area contributed by atoms with Crippen LogP contribution in [-0.2, 0) is 33.6 Å². The van der Waals surface area contributed by atoms with Crippen LogP contribution in [0.25, 0.3) is 0 Å². The molecule has 0 rings (SSSR count). The highest BCUT2D eigenvalue weighted by molar-refractivity contribution is 5.96. The molecule has 8 N–H and O–H groups in total. The fourth-order valence-electron chi connectivity index (χ4n) is 2.35. The van der Waals surface area contributed by atoms with E-state index in [4.69, 9.17) is 25.5 Å². The molecule has 0 heterocycles. The van der Waals surface area contributed by atoms with Crippen molar-refractivity contribution in [1.82, 2.24) is 10.6 Å². The number of hydrogen-bond donors (Lipinski definition) is 8. The summed E-state index contributed by atoms with van der Waals surface area (Å²) in [6, 6.07) is -3.52. The zero-order valence-corrected chi connectivity index (χ0v) is 15.9. The lowest BCUT2D eigenvalue weighted by molar-refractivity contribution is -0.159. The van der Waals surface area contributed by atoms with Gasteiger partial charge in [0.25, 0.3) is 5.91 Å². The molecule has 0 aliphatic carbocycles. The van der Waals surface area contributed by atoms with E-state index in [0.29, 0.717) is 0 Å². The van der Waals surface area contributed by atoms with Crippen molar-refractivity contribution in [3.63, 3.8) is 0 Å². The summed E-state index contributed by atoms with van der Waals surface area (Å²) in [6.45, 7) is 0. The van der Waals surface area contributed by atoms with Gasteiger partial charge in [0.1, 0.15) is 12.1 Å². The van der Waals surface area contributed by atoms with Gasteiger partial charge in [-0.25, -0.2) is 4.79 Å². The molecule has 0 unspecified atom stereocenters. The van der Waals surface area contributed by atoms with Gasteiger partial charge in [0, 0.05) is 12.8 Å². The van der Waals surface area contributed by atoms with E-state index in [1.54, 1.807) is 0 Å². The number of hydrogen-bond acceptors (Lipinski definition) is 8. The predicted molar refractivity (Wildman–Crippen MR) is 94.7 cm³/mol. The van der Waals surface area contributed by atoms with Gasteiger partial charge in [-0.2, -0.15) is 0 Å². The molecular formula is C16H22N2O13. The third kappa shape index (κ3) is 10.6. The zero-order valence-electron chi connectivity index (χ0n) is 15.9. The van der Waals surface area contributed by atoms with Gasteiger partial charge < -0.3 is 41.3 Å². The van der Waals surface area contributed by atoms with Gasteiger partial charge in [-0.1, -0.05) is 0 Å². The van der Waals surface area contributed by atoms with Crippen LogP contribution in [-0.4, -0.2) is 90.0 Å². The van der Waals surface area contributed by atoms with Gasteiger partial charge in [-0.05, 0) is 12.8 Å². The van der Waals surface area contributed by atoms with Gasteiger partial charge >= 0.3 is 29.8 Å². The molecule has 0 fully saturated rings. The second-order valence-corrected chi connectivity index (χ2v) is 6.46. The van der Waals surface area contributed by atoms with Crippen molar-refractivity contribution in [2.24, 2.45) is 0 Å². The van der Waals surface area contributed by atoms with Gasteiger partial charge in [0.05, 0.1) is 12.8 Å². The number of carbonyl (C=O) groups excluding carboxylic acids is 2. The second kappa shape index (κ2) is 12.1. The molecule has 0 saturated carbocycles. The number of carboxylic acid groups (broad SMARTS) is 5. The average Bonchev–Trinajstić information content (AvgIpc) is 2.59. The Kier molecular flexibility index (Phi) is 10.6. The monoisotopic (exact) mass is 450 g/mol. The summed E-state index contributed by atoms with van der Waals surface area (Å²) < 4.78 is 0. The minimum absolute atomic E-state index is 0.544. The lowest BCUT2D eigenvalue weighted by Crippen LogP contribution is -2.57. The summed E-state index contributed by atoms with van der Waals surface area (Å²) in [5.41, 5.74) is -2.99. The standard InChI is InChI=1S/C16H22N2O13/c19-9(20)3-1-7(13(27)17-8(14(28)29)2-4-10(21)22)18-15(30)16(31,5-11(23)24)6-12(25)26/h7-8,31H,1-6H2,(H,17,27)(H,18,30)(H,19,20)(H,21,22)(H,23,24)(H,25,26)(H,28,29)/t7-,8-/m0/s1. The number of rotatable bonds is 15. The molecule has 0 aliphatic heterocycles. The molecule has 15 heteroatoms. The Morgan fingerprint density at radius 3 is 1.42 bits per heavy atom. The lowest BCUT2D eigenvalue weighted by Gasteiger charge is -2.27. The molecule has 0 aromatic carbocycles. The smallest absolute Gasteiger partial charge is 0.326 e. The Balaban J connectivity index is 5.61. The van der Waals surface area contributed by atoms with Crippen molar-refractivity contribution in [3.8, 4) is 0 Å². The molecule has 174 valence electrons. The normalized spacial score (nSPS) is 12.8. The summed E-state index contributed by atoms with van der Waals surface area (Å²) in [6.07, 6.45) is -5.24. The van der Waals surface area contributed by atoms with Crippen molar-refractivity contribution in [1.29, 1.82) is 0 Å². The first-order valence-corrected chi connectivity index (χ1v) is 8.61. The molecule has 31 heavy (non-hydrogen) atoms. The van der Waals surface area contributed by atoms with Crippen LogP contribution in [0, 0.1) is 0 Å². The van der Waals surface area contributed by atoms with Crippen LogP contribution >= 0.6 is 0 Å². The zero-order chi connectivity index (χ0) is 24.4. The Morgan fingerprint density at radius 1 is 0.645 bits per heavy atom. The quantitative estimate of drug-likeness (QED) is 0.128.